The number of hydrogen-bond donors (Lipinski definition) is 1. The van der Waals surface area contributed by atoms with Gasteiger partial charge in [0.05, 0.1) is 5.69 Å². The SMILES string of the molecule is CCCN(CCC1CCC(CC(=O)c2ccc(-c3ccccc3)cc2)CC1)[C@H]1CCc2nc(N)sc2C1. The van der Waals surface area contributed by atoms with E-state index in [4.69, 9.17) is 5.73 Å². The molecule has 4 nitrogen and oxygen atoms in total. The lowest BCUT2D eigenvalue weighted by molar-refractivity contribution is 0.0937. The molecule has 1 heterocycles. The zero-order chi connectivity index (χ0) is 25.6. The number of Topliss-reactive ketones (excluding diaryl/α,β-unsaturated/α-hetero) is 1. The number of fused-ring (bicyclic) bond motifs is 1. The van der Waals surface area contributed by atoms with Crippen LogP contribution in [0.1, 0.15) is 79.2 Å². The molecular weight excluding hydrogens is 474 g/mol. The number of ketones is 1. The molecule has 0 saturated heterocycles. The fourth-order valence-electron chi connectivity index (χ4n) is 6.39. The largest absolute Gasteiger partial charge is 0.375 e. The quantitative estimate of drug-likeness (QED) is 0.285. The van der Waals surface area contributed by atoms with Gasteiger partial charge in [0.2, 0.25) is 0 Å². The predicted molar refractivity (Wildman–Crippen MR) is 155 cm³/mol. The Morgan fingerprint density at radius 3 is 2.38 bits per heavy atom. The first-order chi connectivity index (χ1) is 18.1. The molecule has 196 valence electrons. The summed E-state index contributed by atoms with van der Waals surface area (Å²) >= 11 is 1.69. The highest BCUT2D eigenvalue weighted by molar-refractivity contribution is 7.15. The third kappa shape index (κ3) is 6.69. The monoisotopic (exact) mass is 515 g/mol. The zero-order valence-corrected chi connectivity index (χ0v) is 23.0. The minimum atomic E-state index is 0.303. The number of aromatic nitrogens is 1. The van der Waals surface area contributed by atoms with Crippen molar-refractivity contribution in [1.29, 1.82) is 0 Å². The molecule has 37 heavy (non-hydrogen) atoms. The van der Waals surface area contributed by atoms with E-state index in [0.29, 0.717) is 24.2 Å². The number of aryl methyl sites for hydroxylation is 1. The summed E-state index contributed by atoms with van der Waals surface area (Å²) in [4.78, 5) is 21.7. The van der Waals surface area contributed by atoms with Gasteiger partial charge in [0, 0.05) is 22.9 Å². The molecule has 2 aromatic carbocycles. The van der Waals surface area contributed by atoms with Gasteiger partial charge in [0.1, 0.15) is 0 Å². The molecule has 0 aliphatic heterocycles. The minimum Gasteiger partial charge on any atom is -0.375 e. The second kappa shape index (κ2) is 12.4. The molecule has 1 fully saturated rings. The molecule has 1 atom stereocenters. The van der Waals surface area contributed by atoms with E-state index in [9.17, 15) is 4.79 Å². The lowest BCUT2D eigenvalue weighted by Crippen LogP contribution is -2.41. The van der Waals surface area contributed by atoms with Crippen LogP contribution in [0.25, 0.3) is 11.1 Å². The highest BCUT2D eigenvalue weighted by Gasteiger charge is 2.28. The number of carbonyl (C=O) groups is 1. The van der Waals surface area contributed by atoms with Crippen molar-refractivity contribution in [1.82, 2.24) is 9.88 Å². The van der Waals surface area contributed by atoms with E-state index in [1.54, 1.807) is 11.3 Å². The van der Waals surface area contributed by atoms with Crippen LogP contribution in [0.2, 0.25) is 0 Å². The van der Waals surface area contributed by atoms with E-state index in [1.165, 1.54) is 79.7 Å². The van der Waals surface area contributed by atoms with Crippen molar-refractivity contribution in [2.45, 2.75) is 77.2 Å². The standard InChI is InChI=1S/C32H41N3OS/c1-2-19-35(28-16-17-29-31(22-28)37-32(33)34-29)20-18-23-8-10-24(11-9-23)21-30(36)27-14-12-26(13-15-27)25-6-4-3-5-7-25/h3-7,12-15,23-24,28H,2,8-11,16-22H2,1H3,(H2,33,34)/t23?,24?,28-/m0/s1. The van der Waals surface area contributed by atoms with E-state index < -0.39 is 0 Å². The fourth-order valence-corrected chi connectivity index (χ4v) is 7.33. The number of nitrogen functional groups attached to an aromatic ring is 1. The average Bonchev–Trinajstić information content (AvgIpc) is 3.31. The molecule has 0 bridgehead atoms. The van der Waals surface area contributed by atoms with Crippen molar-refractivity contribution in [3.63, 3.8) is 0 Å². The summed E-state index contributed by atoms with van der Waals surface area (Å²) in [6, 6.07) is 19.2. The maximum absolute atomic E-state index is 13.0. The maximum Gasteiger partial charge on any atom is 0.180 e. The second-order valence-electron chi connectivity index (χ2n) is 11.1. The normalized spacial score (nSPS) is 21.6. The van der Waals surface area contributed by atoms with Crippen LogP contribution < -0.4 is 5.73 Å². The molecule has 2 aliphatic carbocycles. The van der Waals surface area contributed by atoms with Crippen molar-refractivity contribution in [3.8, 4) is 11.1 Å². The summed E-state index contributed by atoms with van der Waals surface area (Å²) < 4.78 is 0. The van der Waals surface area contributed by atoms with E-state index in [0.717, 1.165) is 29.5 Å². The van der Waals surface area contributed by atoms with Crippen LogP contribution in [0.15, 0.2) is 54.6 Å². The molecule has 0 radical (unpaired) electrons. The van der Waals surface area contributed by atoms with Crippen molar-refractivity contribution in [2.75, 3.05) is 18.8 Å². The number of nitrogens with zero attached hydrogens (tertiary/aromatic N) is 2. The Kier molecular flexibility index (Phi) is 8.73. The molecular formula is C32H41N3OS. The Bertz CT molecular complexity index is 1150. The Morgan fingerprint density at radius 1 is 0.946 bits per heavy atom. The number of anilines is 1. The number of hydrogen-bond acceptors (Lipinski definition) is 5. The average molecular weight is 516 g/mol. The van der Waals surface area contributed by atoms with Crippen LogP contribution in [0.4, 0.5) is 5.13 Å². The van der Waals surface area contributed by atoms with Crippen molar-refractivity contribution < 1.29 is 4.79 Å². The second-order valence-corrected chi connectivity index (χ2v) is 12.2. The number of benzene rings is 2. The van der Waals surface area contributed by atoms with Gasteiger partial charge < -0.3 is 10.6 Å². The third-order valence-electron chi connectivity index (χ3n) is 8.54. The fraction of sp³-hybridized carbons (Fsp3) is 0.500. The number of nitrogens with two attached hydrogens (primary N) is 1. The maximum atomic E-state index is 13.0. The predicted octanol–water partition coefficient (Wildman–Crippen LogP) is 7.43. The van der Waals surface area contributed by atoms with Crippen LogP contribution >= 0.6 is 11.3 Å². The molecule has 5 rings (SSSR count). The van der Waals surface area contributed by atoms with Crippen molar-refractivity contribution in [3.05, 3.63) is 70.7 Å². The summed E-state index contributed by atoms with van der Waals surface area (Å²) in [5.41, 5.74) is 10.4. The molecule has 2 aliphatic rings. The van der Waals surface area contributed by atoms with Gasteiger partial charge in [-0.2, -0.15) is 0 Å². The number of carbonyl (C=O) groups excluding carboxylic acids is 1. The molecule has 0 amide bonds. The third-order valence-corrected chi connectivity index (χ3v) is 9.49. The highest BCUT2D eigenvalue weighted by Crippen LogP contribution is 2.35. The summed E-state index contributed by atoms with van der Waals surface area (Å²) in [5, 5.41) is 0.729. The van der Waals surface area contributed by atoms with Gasteiger partial charge in [-0.15, -0.1) is 11.3 Å². The van der Waals surface area contributed by atoms with Gasteiger partial charge in [-0.3, -0.25) is 4.79 Å². The molecule has 1 aromatic heterocycles. The smallest absolute Gasteiger partial charge is 0.180 e. The Hall–Kier alpha value is -2.50. The topological polar surface area (TPSA) is 59.2 Å². The van der Waals surface area contributed by atoms with Gasteiger partial charge in [-0.05, 0) is 81.0 Å². The number of rotatable bonds is 10. The van der Waals surface area contributed by atoms with Crippen LogP contribution in [0, 0.1) is 11.8 Å². The van der Waals surface area contributed by atoms with Gasteiger partial charge in [0.15, 0.2) is 10.9 Å². The Balaban J connectivity index is 1.07. The van der Waals surface area contributed by atoms with Gasteiger partial charge in [-0.1, -0.05) is 74.4 Å². The van der Waals surface area contributed by atoms with E-state index >= 15 is 0 Å². The molecule has 0 unspecified atom stereocenters. The van der Waals surface area contributed by atoms with E-state index in [2.05, 4.69) is 53.2 Å². The Morgan fingerprint density at radius 2 is 1.65 bits per heavy atom. The molecule has 1 saturated carbocycles. The highest BCUT2D eigenvalue weighted by atomic mass is 32.1. The lowest BCUT2D eigenvalue weighted by atomic mass is 9.78. The van der Waals surface area contributed by atoms with E-state index in [1.807, 2.05) is 18.2 Å². The molecule has 5 heteroatoms. The van der Waals surface area contributed by atoms with Crippen molar-refractivity contribution in [2.24, 2.45) is 11.8 Å². The summed E-state index contributed by atoms with van der Waals surface area (Å²) in [7, 11) is 0. The van der Waals surface area contributed by atoms with Gasteiger partial charge in [0.25, 0.3) is 0 Å². The van der Waals surface area contributed by atoms with Gasteiger partial charge >= 0.3 is 0 Å². The van der Waals surface area contributed by atoms with Crippen LogP contribution in [-0.4, -0.2) is 34.8 Å². The summed E-state index contributed by atoms with van der Waals surface area (Å²) in [6.07, 6.45) is 11.5. The van der Waals surface area contributed by atoms with Gasteiger partial charge in [-0.25, -0.2) is 4.98 Å². The first-order valence-electron chi connectivity index (χ1n) is 14.3. The lowest BCUT2D eigenvalue weighted by Gasteiger charge is -2.36. The zero-order valence-electron chi connectivity index (χ0n) is 22.2. The Labute approximate surface area is 226 Å². The van der Waals surface area contributed by atoms with E-state index in [-0.39, 0.29) is 0 Å². The van der Waals surface area contributed by atoms with Crippen molar-refractivity contribution >= 4 is 22.3 Å². The first kappa shape index (κ1) is 26.1. The molecule has 2 N–H and O–H groups in total. The van der Waals surface area contributed by atoms with Crippen LogP contribution in [0.5, 0.6) is 0 Å². The molecule has 3 aromatic rings. The van der Waals surface area contributed by atoms with Crippen LogP contribution in [0.3, 0.4) is 0 Å². The summed E-state index contributed by atoms with van der Waals surface area (Å²) in [5.74, 6) is 1.64. The number of thiazole rings is 1. The minimum absolute atomic E-state index is 0.303. The van der Waals surface area contributed by atoms with Crippen LogP contribution in [-0.2, 0) is 12.8 Å². The summed E-state index contributed by atoms with van der Waals surface area (Å²) in [6.45, 7) is 4.68. The first-order valence-corrected chi connectivity index (χ1v) is 15.1. The molecule has 0 spiro atoms.